The zero-order valence-electron chi connectivity index (χ0n) is 11.3. The number of hydrogen-bond acceptors (Lipinski definition) is 2. The van der Waals surface area contributed by atoms with E-state index >= 15 is 0 Å². The summed E-state index contributed by atoms with van der Waals surface area (Å²) in [6, 6.07) is 10.3. The SMILES string of the molecule is Cc1cccc(COc2cccc([B-](F)(F)F)c2)n1.[K+]. The van der Waals surface area contributed by atoms with Crippen LogP contribution in [0, 0.1) is 6.92 Å². The van der Waals surface area contributed by atoms with Crippen LogP contribution in [0.5, 0.6) is 5.75 Å². The molecule has 0 amide bonds. The molecule has 2 nitrogen and oxygen atoms in total. The Kier molecular flexibility index (Phi) is 6.74. The van der Waals surface area contributed by atoms with Crippen molar-refractivity contribution in [2.24, 2.45) is 0 Å². The van der Waals surface area contributed by atoms with Gasteiger partial charge in [0.15, 0.2) is 0 Å². The third-order valence-electron chi connectivity index (χ3n) is 2.57. The van der Waals surface area contributed by atoms with Gasteiger partial charge in [-0.15, -0.1) is 5.46 Å². The Morgan fingerprint density at radius 1 is 1.10 bits per heavy atom. The maximum absolute atomic E-state index is 12.6. The molecule has 0 aliphatic heterocycles. The fourth-order valence-corrected chi connectivity index (χ4v) is 1.65. The van der Waals surface area contributed by atoms with E-state index in [9.17, 15) is 12.9 Å². The van der Waals surface area contributed by atoms with Crippen molar-refractivity contribution in [1.29, 1.82) is 0 Å². The predicted octanol–water partition coefficient (Wildman–Crippen LogP) is 0.0274. The Morgan fingerprint density at radius 3 is 2.45 bits per heavy atom. The first-order valence-electron chi connectivity index (χ1n) is 5.80. The van der Waals surface area contributed by atoms with Crippen molar-refractivity contribution in [2.45, 2.75) is 13.5 Å². The average molecular weight is 305 g/mol. The first kappa shape index (κ1) is 17.7. The summed E-state index contributed by atoms with van der Waals surface area (Å²) in [5.74, 6) is 0.194. The van der Waals surface area contributed by atoms with E-state index in [1.165, 1.54) is 12.1 Å². The second kappa shape index (κ2) is 7.61. The van der Waals surface area contributed by atoms with E-state index in [4.69, 9.17) is 4.74 Å². The molecule has 1 heterocycles. The molecular formula is C13H12BF3KNO. The Balaban J connectivity index is 0.00000200. The summed E-state index contributed by atoms with van der Waals surface area (Å²) in [4.78, 5) is 4.22. The van der Waals surface area contributed by atoms with Gasteiger partial charge in [-0.25, -0.2) is 0 Å². The molecule has 0 spiro atoms. The van der Waals surface area contributed by atoms with E-state index in [1.54, 1.807) is 6.07 Å². The van der Waals surface area contributed by atoms with E-state index in [1.807, 2.05) is 19.1 Å². The van der Waals surface area contributed by atoms with E-state index in [-0.39, 0.29) is 63.7 Å². The summed E-state index contributed by atoms with van der Waals surface area (Å²) >= 11 is 0. The fourth-order valence-electron chi connectivity index (χ4n) is 1.65. The minimum absolute atomic E-state index is 0. The van der Waals surface area contributed by atoms with Crippen LogP contribution in [0.25, 0.3) is 0 Å². The number of pyridine rings is 1. The van der Waals surface area contributed by atoms with Gasteiger partial charge < -0.3 is 17.7 Å². The summed E-state index contributed by atoms with van der Waals surface area (Å²) in [6.45, 7) is -3.01. The van der Waals surface area contributed by atoms with Gasteiger partial charge in [-0.2, -0.15) is 0 Å². The maximum Gasteiger partial charge on any atom is 1.00 e. The number of nitrogens with zero attached hydrogens (tertiary/aromatic N) is 1. The van der Waals surface area contributed by atoms with Crippen molar-refractivity contribution in [3.63, 3.8) is 0 Å². The molecule has 0 atom stereocenters. The van der Waals surface area contributed by atoms with Gasteiger partial charge in [0, 0.05) is 5.69 Å². The van der Waals surface area contributed by atoms with Crippen molar-refractivity contribution in [1.82, 2.24) is 4.98 Å². The molecule has 20 heavy (non-hydrogen) atoms. The second-order valence-corrected chi connectivity index (χ2v) is 4.21. The monoisotopic (exact) mass is 305 g/mol. The van der Waals surface area contributed by atoms with Crippen LogP contribution in [-0.2, 0) is 6.61 Å². The van der Waals surface area contributed by atoms with Crippen LogP contribution in [0.15, 0.2) is 42.5 Å². The molecule has 1 aromatic heterocycles. The molecule has 2 aromatic rings. The Bertz CT molecular complexity index is 578. The van der Waals surface area contributed by atoms with Crippen molar-refractivity contribution < 1.29 is 69.1 Å². The number of rotatable bonds is 4. The first-order chi connectivity index (χ1) is 8.95. The quantitative estimate of drug-likeness (QED) is 0.744. The first-order valence-corrected chi connectivity index (χ1v) is 5.80. The number of ether oxygens (including phenoxy) is 1. The standard InChI is InChI=1S/C13H12BF3NO.K/c1-10-4-2-6-12(18-10)9-19-13-7-3-5-11(8-13)14(15,16)17;/h2-8H,9H2,1H3;/q-1;+1. The molecule has 100 valence electrons. The summed E-state index contributed by atoms with van der Waals surface area (Å²) < 4.78 is 43.1. The Hall–Kier alpha value is -0.339. The topological polar surface area (TPSA) is 22.1 Å². The van der Waals surface area contributed by atoms with Gasteiger partial charge >= 0.3 is 58.4 Å². The van der Waals surface area contributed by atoms with Crippen molar-refractivity contribution in [3.8, 4) is 5.75 Å². The molecule has 2 rings (SSSR count). The smallest absolute Gasteiger partial charge is 0.487 e. The Morgan fingerprint density at radius 2 is 1.80 bits per heavy atom. The van der Waals surface area contributed by atoms with Crippen molar-refractivity contribution in [2.75, 3.05) is 0 Å². The molecule has 0 saturated heterocycles. The number of benzene rings is 1. The van der Waals surface area contributed by atoms with Crippen molar-refractivity contribution >= 4 is 12.4 Å². The zero-order valence-corrected chi connectivity index (χ0v) is 14.4. The van der Waals surface area contributed by atoms with Crippen LogP contribution in [0.2, 0.25) is 0 Å². The van der Waals surface area contributed by atoms with Gasteiger partial charge in [-0.05, 0) is 31.2 Å². The third-order valence-corrected chi connectivity index (χ3v) is 2.57. The normalized spacial score (nSPS) is 10.8. The van der Waals surface area contributed by atoms with Gasteiger partial charge in [0.25, 0.3) is 0 Å². The molecular weight excluding hydrogens is 293 g/mol. The largest absolute Gasteiger partial charge is 1.00 e. The van der Waals surface area contributed by atoms with Gasteiger partial charge in [-0.1, -0.05) is 18.2 Å². The molecule has 0 N–H and O–H groups in total. The zero-order chi connectivity index (χ0) is 13.9. The second-order valence-electron chi connectivity index (χ2n) is 4.21. The Labute approximate surface area is 158 Å². The number of hydrogen-bond donors (Lipinski definition) is 0. The number of halogens is 3. The van der Waals surface area contributed by atoms with E-state index in [0.717, 1.165) is 17.8 Å². The summed E-state index contributed by atoms with van der Waals surface area (Å²) in [5, 5.41) is 0. The van der Waals surface area contributed by atoms with Gasteiger partial charge in [0.05, 0.1) is 5.69 Å². The number of aromatic nitrogens is 1. The van der Waals surface area contributed by atoms with Crippen LogP contribution in [-0.4, -0.2) is 12.0 Å². The fraction of sp³-hybridized carbons (Fsp3) is 0.154. The van der Waals surface area contributed by atoms with E-state index in [0.29, 0.717) is 5.69 Å². The molecule has 1 aromatic carbocycles. The van der Waals surface area contributed by atoms with Gasteiger partial charge in [-0.3, -0.25) is 4.98 Å². The van der Waals surface area contributed by atoms with Gasteiger partial charge in [0.1, 0.15) is 12.4 Å². The molecule has 0 fully saturated rings. The summed E-state index contributed by atoms with van der Waals surface area (Å²) in [7, 11) is 0. The van der Waals surface area contributed by atoms with Crippen LogP contribution in [0.1, 0.15) is 11.4 Å². The summed E-state index contributed by atoms with van der Waals surface area (Å²) in [5.41, 5.74) is 0.867. The van der Waals surface area contributed by atoms with E-state index in [2.05, 4.69) is 4.98 Å². The van der Waals surface area contributed by atoms with Crippen LogP contribution in [0.4, 0.5) is 12.9 Å². The molecule has 7 heteroatoms. The molecule has 0 radical (unpaired) electrons. The van der Waals surface area contributed by atoms with Crippen LogP contribution in [0.3, 0.4) is 0 Å². The minimum atomic E-state index is -5.00. The summed E-state index contributed by atoms with van der Waals surface area (Å²) in [6.07, 6.45) is 0. The maximum atomic E-state index is 12.6. The third kappa shape index (κ3) is 5.22. The molecule has 0 unspecified atom stereocenters. The minimum Gasteiger partial charge on any atom is -0.487 e. The molecule has 0 bridgehead atoms. The number of aryl methyl sites for hydroxylation is 1. The molecule has 0 saturated carbocycles. The average Bonchev–Trinajstić information content (AvgIpc) is 2.36. The molecule has 0 aliphatic carbocycles. The van der Waals surface area contributed by atoms with Crippen molar-refractivity contribution in [3.05, 3.63) is 53.9 Å². The van der Waals surface area contributed by atoms with Crippen LogP contribution < -0.4 is 61.6 Å². The van der Waals surface area contributed by atoms with Gasteiger partial charge in [0.2, 0.25) is 0 Å². The predicted molar refractivity (Wildman–Crippen MR) is 68.5 cm³/mol. The van der Waals surface area contributed by atoms with Crippen LogP contribution >= 0.6 is 0 Å². The van der Waals surface area contributed by atoms with E-state index < -0.39 is 12.4 Å². The molecule has 0 aliphatic rings.